The van der Waals surface area contributed by atoms with Crippen molar-refractivity contribution >= 4 is 5.69 Å². The predicted molar refractivity (Wildman–Crippen MR) is 93.6 cm³/mol. The van der Waals surface area contributed by atoms with Crippen molar-refractivity contribution in [3.63, 3.8) is 0 Å². The summed E-state index contributed by atoms with van der Waals surface area (Å²) in [5.41, 5.74) is 6.80. The van der Waals surface area contributed by atoms with Crippen LogP contribution in [-0.4, -0.2) is 23.8 Å². The van der Waals surface area contributed by atoms with E-state index in [2.05, 4.69) is 23.6 Å². The molecular formula is C19H22N3O2+. The Balaban J connectivity index is 2.24. The first-order chi connectivity index (χ1) is 11.7. The van der Waals surface area contributed by atoms with Gasteiger partial charge in [-0.15, -0.1) is 0 Å². The highest BCUT2D eigenvalue weighted by atomic mass is 16.6. The van der Waals surface area contributed by atoms with Crippen molar-refractivity contribution in [2.24, 2.45) is 0 Å². The maximum Gasteiger partial charge on any atom is 0.228 e. The highest BCUT2D eigenvalue weighted by molar-refractivity contribution is 5.68. The monoisotopic (exact) mass is 324 g/mol. The molecule has 0 spiro atoms. The second-order valence-corrected chi connectivity index (χ2v) is 5.64. The van der Waals surface area contributed by atoms with Crippen molar-refractivity contribution in [1.29, 1.82) is 0 Å². The molecule has 0 aliphatic carbocycles. The topological polar surface area (TPSA) is 52.9 Å². The summed E-state index contributed by atoms with van der Waals surface area (Å²) in [4.78, 5) is 10.0. The fraction of sp³-hybridized carbons (Fsp3) is 0.211. The summed E-state index contributed by atoms with van der Waals surface area (Å²) in [6, 6.07) is 14.2. The van der Waals surface area contributed by atoms with E-state index < -0.39 is 0 Å². The Bertz CT molecular complexity index is 856. The first-order valence-corrected chi connectivity index (χ1v) is 7.81. The van der Waals surface area contributed by atoms with Crippen LogP contribution in [0.5, 0.6) is 5.75 Å². The molecule has 1 aromatic heterocycles. The molecule has 3 aromatic rings. The second kappa shape index (κ2) is 6.86. The van der Waals surface area contributed by atoms with Crippen LogP contribution in [0.4, 0.5) is 5.69 Å². The molecule has 5 heteroatoms. The van der Waals surface area contributed by atoms with Gasteiger partial charge in [-0.05, 0) is 31.5 Å². The molecule has 2 aromatic carbocycles. The van der Waals surface area contributed by atoms with E-state index in [4.69, 9.17) is 14.6 Å². The summed E-state index contributed by atoms with van der Waals surface area (Å²) in [5, 5.41) is 0. The number of ether oxygens (including phenoxy) is 1. The minimum absolute atomic E-state index is 0.761. The van der Waals surface area contributed by atoms with Gasteiger partial charge < -0.3 is 4.74 Å². The Kier molecular flexibility index (Phi) is 4.64. The molecule has 0 bridgehead atoms. The zero-order valence-electron chi connectivity index (χ0n) is 14.4. The van der Waals surface area contributed by atoms with Gasteiger partial charge >= 0.3 is 0 Å². The lowest BCUT2D eigenvalue weighted by atomic mass is 10.1. The molecule has 0 saturated carbocycles. The van der Waals surface area contributed by atoms with E-state index in [-0.39, 0.29) is 0 Å². The molecule has 0 fully saturated rings. The van der Waals surface area contributed by atoms with Crippen LogP contribution >= 0.6 is 0 Å². The van der Waals surface area contributed by atoms with E-state index >= 15 is 0 Å². The van der Waals surface area contributed by atoms with Gasteiger partial charge in [0.05, 0.1) is 19.9 Å². The Labute approximate surface area is 141 Å². The van der Waals surface area contributed by atoms with E-state index in [1.807, 2.05) is 43.5 Å². The molecule has 0 aliphatic rings. The Morgan fingerprint density at radius 2 is 1.79 bits per heavy atom. The second-order valence-electron chi connectivity index (χ2n) is 5.64. The van der Waals surface area contributed by atoms with Crippen LogP contribution in [-0.2, 0) is 4.84 Å². The van der Waals surface area contributed by atoms with Gasteiger partial charge in [-0.3, -0.25) is 4.57 Å². The van der Waals surface area contributed by atoms with Gasteiger partial charge in [-0.25, -0.2) is 9.82 Å². The molecule has 0 radical (unpaired) electrons. The van der Waals surface area contributed by atoms with Crippen molar-refractivity contribution in [3.05, 3.63) is 59.9 Å². The fourth-order valence-electron chi connectivity index (χ4n) is 2.85. The molecule has 0 unspecified atom stereocenters. The Hall–Kier alpha value is -2.63. The number of nitrogens with two attached hydrogens (primary N) is 1. The number of nitrogens with zero attached hydrogens (tertiary/aromatic N) is 2. The van der Waals surface area contributed by atoms with Crippen LogP contribution in [0.2, 0.25) is 0 Å². The molecule has 24 heavy (non-hydrogen) atoms. The zero-order chi connectivity index (χ0) is 17.1. The molecule has 5 nitrogen and oxygen atoms in total. The van der Waals surface area contributed by atoms with Gasteiger partial charge in [-0.2, -0.15) is 5.48 Å². The van der Waals surface area contributed by atoms with Crippen molar-refractivity contribution in [3.8, 4) is 22.8 Å². The highest BCUT2D eigenvalue weighted by Crippen LogP contribution is 2.32. The SMILES string of the molecule is CO[NH2+]c1c(OC)cccc1-n1cc(C)nc1-c1ccccc1C. The standard InChI is InChI=1S/C19H21N3O2/c1-13-8-5-6-9-15(13)19-20-14(2)12-22(19)16-10-7-11-17(23-3)18(16)21-24-4/h5-12,21H,1-4H3/p+1. The van der Waals surface area contributed by atoms with Gasteiger partial charge in [0.15, 0.2) is 5.75 Å². The van der Waals surface area contributed by atoms with Crippen LogP contribution < -0.4 is 10.2 Å². The Morgan fingerprint density at radius 1 is 1.00 bits per heavy atom. The first-order valence-electron chi connectivity index (χ1n) is 7.81. The van der Waals surface area contributed by atoms with E-state index in [0.29, 0.717) is 0 Å². The third kappa shape index (κ3) is 2.91. The number of methoxy groups -OCH3 is 1. The highest BCUT2D eigenvalue weighted by Gasteiger charge is 2.19. The summed E-state index contributed by atoms with van der Waals surface area (Å²) in [5.74, 6) is 1.67. The van der Waals surface area contributed by atoms with Gasteiger partial charge in [0.1, 0.15) is 11.5 Å². The number of imidazole rings is 1. The molecule has 124 valence electrons. The first kappa shape index (κ1) is 16.2. The van der Waals surface area contributed by atoms with Crippen LogP contribution in [0.15, 0.2) is 48.7 Å². The van der Waals surface area contributed by atoms with Gasteiger partial charge in [0.25, 0.3) is 0 Å². The summed E-state index contributed by atoms with van der Waals surface area (Å²) in [6.07, 6.45) is 2.03. The zero-order valence-corrected chi connectivity index (χ0v) is 14.4. The number of benzene rings is 2. The van der Waals surface area contributed by atoms with Crippen LogP contribution in [0, 0.1) is 13.8 Å². The maximum atomic E-state index is 5.49. The lowest BCUT2D eigenvalue weighted by Gasteiger charge is -2.13. The summed E-state index contributed by atoms with van der Waals surface area (Å²) in [6.45, 7) is 4.09. The van der Waals surface area contributed by atoms with Gasteiger partial charge in [0, 0.05) is 11.8 Å². The number of rotatable bonds is 5. The molecule has 3 rings (SSSR count). The van der Waals surface area contributed by atoms with Crippen LogP contribution in [0.3, 0.4) is 0 Å². The third-order valence-corrected chi connectivity index (χ3v) is 3.97. The third-order valence-electron chi connectivity index (χ3n) is 3.97. The number of hydrogen-bond acceptors (Lipinski definition) is 3. The van der Waals surface area contributed by atoms with Gasteiger partial charge in [-0.1, -0.05) is 30.3 Å². The maximum absolute atomic E-state index is 5.49. The minimum Gasteiger partial charge on any atom is -0.491 e. The largest absolute Gasteiger partial charge is 0.491 e. The number of hydrogen-bond donors (Lipinski definition) is 1. The van der Waals surface area contributed by atoms with E-state index in [9.17, 15) is 0 Å². The average molecular weight is 324 g/mol. The predicted octanol–water partition coefficient (Wildman–Crippen LogP) is 2.92. The van der Waals surface area contributed by atoms with E-state index in [1.165, 1.54) is 5.56 Å². The summed E-state index contributed by atoms with van der Waals surface area (Å²) >= 11 is 0. The smallest absolute Gasteiger partial charge is 0.228 e. The van der Waals surface area contributed by atoms with E-state index in [0.717, 1.165) is 34.2 Å². The van der Waals surface area contributed by atoms with Crippen molar-refractivity contribution in [1.82, 2.24) is 9.55 Å². The molecular weight excluding hydrogens is 302 g/mol. The van der Waals surface area contributed by atoms with Gasteiger partial charge in [0.2, 0.25) is 5.69 Å². The lowest BCUT2D eigenvalue weighted by Crippen LogP contribution is -2.76. The molecule has 0 aliphatic heterocycles. The summed E-state index contributed by atoms with van der Waals surface area (Å²) < 4.78 is 7.58. The molecule has 1 heterocycles. The normalized spacial score (nSPS) is 10.8. The van der Waals surface area contributed by atoms with Crippen LogP contribution in [0.25, 0.3) is 17.1 Å². The van der Waals surface area contributed by atoms with E-state index in [1.54, 1.807) is 19.7 Å². The Morgan fingerprint density at radius 3 is 2.50 bits per heavy atom. The fourth-order valence-corrected chi connectivity index (χ4v) is 2.85. The van der Waals surface area contributed by atoms with Crippen molar-refractivity contribution < 1.29 is 15.1 Å². The van der Waals surface area contributed by atoms with Crippen molar-refractivity contribution in [2.45, 2.75) is 13.8 Å². The lowest BCUT2D eigenvalue weighted by molar-refractivity contribution is -0.830. The molecule has 0 atom stereocenters. The molecule has 0 saturated heterocycles. The number of quaternary nitrogens is 1. The minimum atomic E-state index is 0.761. The quantitative estimate of drug-likeness (QED) is 0.580. The molecule has 0 amide bonds. The molecule has 2 N–H and O–H groups in total. The van der Waals surface area contributed by atoms with Crippen LogP contribution in [0.1, 0.15) is 11.3 Å². The van der Waals surface area contributed by atoms with Crippen molar-refractivity contribution in [2.75, 3.05) is 14.2 Å². The average Bonchev–Trinajstić information content (AvgIpc) is 2.97. The summed E-state index contributed by atoms with van der Waals surface area (Å²) in [7, 11) is 3.30. The number of aromatic nitrogens is 2. The number of aryl methyl sites for hydroxylation is 2.